The number of hydrogen-bond acceptors (Lipinski definition) is 3. The highest BCUT2D eigenvalue weighted by atomic mass is 16.6. The maximum Gasteiger partial charge on any atom is 0.344 e. The van der Waals surface area contributed by atoms with Crippen LogP contribution in [0.5, 0.6) is 0 Å². The van der Waals surface area contributed by atoms with Gasteiger partial charge in [-0.2, -0.15) is 0 Å². The van der Waals surface area contributed by atoms with Crippen LogP contribution in [0, 0.1) is 0 Å². The van der Waals surface area contributed by atoms with Crippen molar-refractivity contribution in [3.8, 4) is 0 Å². The van der Waals surface area contributed by atoms with E-state index in [0.717, 1.165) is 11.3 Å². The molecular formula is C11H13NO3. The van der Waals surface area contributed by atoms with E-state index in [9.17, 15) is 4.79 Å². The van der Waals surface area contributed by atoms with Crippen molar-refractivity contribution < 1.29 is 14.7 Å². The lowest BCUT2D eigenvalue weighted by Crippen LogP contribution is -2.06. The number of oxime groups is 1. The van der Waals surface area contributed by atoms with Gasteiger partial charge in [0.1, 0.15) is 0 Å². The second-order valence-electron chi connectivity index (χ2n) is 2.92. The molecule has 0 fully saturated rings. The molecule has 4 nitrogen and oxygen atoms in total. The van der Waals surface area contributed by atoms with Crippen molar-refractivity contribution in [3.63, 3.8) is 0 Å². The summed E-state index contributed by atoms with van der Waals surface area (Å²) in [6, 6.07) is 9.53. The van der Waals surface area contributed by atoms with Gasteiger partial charge in [0.2, 0.25) is 6.61 Å². The van der Waals surface area contributed by atoms with E-state index in [2.05, 4.69) is 5.16 Å². The van der Waals surface area contributed by atoms with Gasteiger partial charge in [-0.15, -0.1) is 0 Å². The molecule has 0 heterocycles. The third kappa shape index (κ3) is 3.81. The summed E-state index contributed by atoms with van der Waals surface area (Å²) in [5, 5.41) is 12.2. The number of rotatable bonds is 5. The predicted octanol–water partition coefficient (Wildman–Crippen LogP) is 1.90. The zero-order valence-corrected chi connectivity index (χ0v) is 8.51. The maximum absolute atomic E-state index is 10.2. The summed E-state index contributed by atoms with van der Waals surface area (Å²) in [5.74, 6) is -1.03. The monoisotopic (exact) mass is 207 g/mol. The first kappa shape index (κ1) is 11.2. The Morgan fingerprint density at radius 3 is 2.60 bits per heavy atom. The van der Waals surface area contributed by atoms with Crippen molar-refractivity contribution in [1.82, 2.24) is 0 Å². The summed E-state index contributed by atoms with van der Waals surface area (Å²) in [4.78, 5) is 14.9. The van der Waals surface area contributed by atoms with Crippen LogP contribution in [0.4, 0.5) is 0 Å². The minimum Gasteiger partial charge on any atom is -0.479 e. The van der Waals surface area contributed by atoms with E-state index < -0.39 is 12.6 Å². The Bertz CT molecular complexity index is 346. The number of benzene rings is 1. The molecule has 0 atom stereocenters. The highest BCUT2D eigenvalue weighted by Crippen LogP contribution is 2.04. The van der Waals surface area contributed by atoms with Crippen molar-refractivity contribution in [2.24, 2.45) is 5.16 Å². The van der Waals surface area contributed by atoms with Gasteiger partial charge in [0.15, 0.2) is 0 Å². The summed E-state index contributed by atoms with van der Waals surface area (Å²) in [7, 11) is 0. The second-order valence-corrected chi connectivity index (χ2v) is 2.92. The standard InChI is InChI=1S/C11H13NO3/c1-2-10(12-15-8-11(13)14)9-6-4-3-5-7-9/h3-7H,2,8H2,1H3,(H,13,14)/b12-10+. The molecule has 0 unspecified atom stereocenters. The summed E-state index contributed by atoms with van der Waals surface area (Å²) in [6.45, 7) is 1.53. The van der Waals surface area contributed by atoms with E-state index >= 15 is 0 Å². The molecule has 0 saturated heterocycles. The highest BCUT2D eigenvalue weighted by Gasteiger charge is 2.01. The highest BCUT2D eigenvalue weighted by molar-refractivity contribution is 5.99. The molecule has 1 aromatic rings. The summed E-state index contributed by atoms with van der Waals surface area (Å²) >= 11 is 0. The molecule has 0 amide bonds. The van der Waals surface area contributed by atoms with Crippen LogP contribution < -0.4 is 0 Å². The van der Waals surface area contributed by atoms with Crippen LogP contribution in [0.1, 0.15) is 18.9 Å². The summed E-state index contributed by atoms with van der Waals surface area (Å²) in [6.07, 6.45) is 0.698. The third-order valence-electron chi connectivity index (χ3n) is 1.80. The molecule has 0 radical (unpaired) electrons. The molecule has 0 spiro atoms. The Hall–Kier alpha value is -1.84. The number of carboxylic acid groups (broad SMARTS) is 1. The fourth-order valence-electron chi connectivity index (χ4n) is 1.12. The van der Waals surface area contributed by atoms with Gasteiger partial charge >= 0.3 is 5.97 Å². The summed E-state index contributed by atoms with van der Waals surface area (Å²) in [5.41, 5.74) is 1.70. The predicted molar refractivity (Wildman–Crippen MR) is 56.9 cm³/mol. The fraction of sp³-hybridized carbons (Fsp3) is 0.273. The smallest absolute Gasteiger partial charge is 0.344 e. The molecule has 0 aliphatic carbocycles. The first-order chi connectivity index (χ1) is 7.24. The number of aliphatic carboxylic acids is 1. The lowest BCUT2D eigenvalue weighted by Gasteiger charge is -2.02. The summed E-state index contributed by atoms with van der Waals surface area (Å²) < 4.78 is 0. The quantitative estimate of drug-likeness (QED) is 0.592. The third-order valence-corrected chi connectivity index (χ3v) is 1.80. The molecule has 15 heavy (non-hydrogen) atoms. The first-order valence-electron chi connectivity index (χ1n) is 4.70. The van der Waals surface area contributed by atoms with Gasteiger partial charge in [-0.05, 0) is 12.0 Å². The Kier molecular flexibility index (Phi) is 4.34. The van der Waals surface area contributed by atoms with E-state index in [0.29, 0.717) is 6.42 Å². The Balaban J connectivity index is 2.67. The largest absolute Gasteiger partial charge is 0.479 e. The van der Waals surface area contributed by atoms with E-state index in [4.69, 9.17) is 9.94 Å². The van der Waals surface area contributed by atoms with Gasteiger partial charge < -0.3 is 9.94 Å². The van der Waals surface area contributed by atoms with Crippen LogP contribution in [0.2, 0.25) is 0 Å². The molecule has 0 aromatic heterocycles. The van der Waals surface area contributed by atoms with E-state index in [1.54, 1.807) is 0 Å². The number of nitrogens with zero attached hydrogens (tertiary/aromatic N) is 1. The van der Waals surface area contributed by atoms with E-state index in [1.807, 2.05) is 37.3 Å². The molecule has 1 N–H and O–H groups in total. The van der Waals surface area contributed by atoms with Crippen LogP contribution in [0.15, 0.2) is 35.5 Å². The minimum absolute atomic E-state index is 0.406. The van der Waals surface area contributed by atoms with Gasteiger partial charge in [-0.25, -0.2) is 4.79 Å². The molecule has 0 aliphatic rings. The molecule has 4 heteroatoms. The topological polar surface area (TPSA) is 58.9 Å². The molecular weight excluding hydrogens is 194 g/mol. The zero-order valence-electron chi connectivity index (χ0n) is 8.51. The zero-order chi connectivity index (χ0) is 11.1. The van der Waals surface area contributed by atoms with Gasteiger partial charge in [0, 0.05) is 0 Å². The molecule has 0 aliphatic heterocycles. The van der Waals surface area contributed by atoms with Gasteiger partial charge in [0.05, 0.1) is 5.71 Å². The van der Waals surface area contributed by atoms with Crippen molar-refractivity contribution in [2.75, 3.05) is 6.61 Å². The van der Waals surface area contributed by atoms with Gasteiger partial charge in [-0.3, -0.25) is 0 Å². The van der Waals surface area contributed by atoms with Gasteiger partial charge in [0.25, 0.3) is 0 Å². The van der Waals surface area contributed by atoms with Crippen molar-refractivity contribution in [2.45, 2.75) is 13.3 Å². The Morgan fingerprint density at radius 1 is 1.40 bits per heavy atom. The van der Waals surface area contributed by atoms with Crippen molar-refractivity contribution >= 4 is 11.7 Å². The Morgan fingerprint density at radius 2 is 2.07 bits per heavy atom. The molecule has 1 aromatic carbocycles. The van der Waals surface area contributed by atoms with Crippen LogP contribution in [-0.2, 0) is 9.63 Å². The molecule has 0 bridgehead atoms. The molecule has 0 saturated carbocycles. The van der Waals surface area contributed by atoms with Crippen LogP contribution in [0.25, 0.3) is 0 Å². The SMILES string of the molecule is CC/C(=N\OCC(=O)O)c1ccccc1. The first-order valence-corrected chi connectivity index (χ1v) is 4.70. The Labute approximate surface area is 88.2 Å². The van der Waals surface area contributed by atoms with Gasteiger partial charge in [-0.1, -0.05) is 42.4 Å². The number of hydrogen-bond donors (Lipinski definition) is 1. The van der Waals surface area contributed by atoms with Crippen molar-refractivity contribution in [3.05, 3.63) is 35.9 Å². The maximum atomic E-state index is 10.2. The minimum atomic E-state index is -1.03. The van der Waals surface area contributed by atoms with E-state index in [-0.39, 0.29) is 0 Å². The van der Waals surface area contributed by atoms with E-state index in [1.165, 1.54) is 0 Å². The van der Waals surface area contributed by atoms with Crippen LogP contribution in [0.3, 0.4) is 0 Å². The molecule has 80 valence electrons. The van der Waals surface area contributed by atoms with Crippen LogP contribution in [-0.4, -0.2) is 23.4 Å². The van der Waals surface area contributed by atoms with Crippen LogP contribution >= 0.6 is 0 Å². The lowest BCUT2D eigenvalue weighted by atomic mass is 10.1. The average molecular weight is 207 g/mol. The fourth-order valence-corrected chi connectivity index (χ4v) is 1.12. The normalized spacial score (nSPS) is 11.1. The van der Waals surface area contributed by atoms with Crippen molar-refractivity contribution in [1.29, 1.82) is 0 Å². The average Bonchev–Trinajstić information content (AvgIpc) is 2.25. The number of carboxylic acids is 1. The molecule has 1 rings (SSSR count). The number of carbonyl (C=O) groups is 1. The lowest BCUT2D eigenvalue weighted by molar-refractivity contribution is -0.142. The second kappa shape index (κ2) is 5.80.